The van der Waals surface area contributed by atoms with Gasteiger partial charge in [0.25, 0.3) is 11.8 Å². The van der Waals surface area contributed by atoms with E-state index in [0.717, 1.165) is 21.3 Å². The summed E-state index contributed by atoms with van der Waals surface area (Å²) in [7, 11) is 1.24. The van der Waals surface area contributed by atoms with Gasteiger partial charge in [-0.2, -0.15) is 0 Å². The van der Waals surface area contributed by atoms with Gasteiger partial charge in [-0.25, -0.2) is 14.8 Å². The maximum absolute atomic E-state index is 12.8. The normalized spacial score (nSPS) is 19.9. The summed E-state index contributed by atoms with van der Waals surface area (Å²) in [6.45, 7) is 0.964. The lowest BCUT2D eigenvalue weighted by Gasteiger charge is -2.51. The van der Waals surface area contributed by atoms with E-state index in [0.29, 0.717) is 22.8 Å². The highest BCUT2D eigenvalue weighted by molar-refractivity contribution is 8.00. The molecule has 3 heterocycles. The van der Waals surface area contributed by atoms with E-state index in [1.807, 2.05) is 0 Å². The number of carbonyl (C=O) groups excluding carboxylic acids is 4. The molecular formula is C17H18N4O8S2. The van der Waals surface area contributed by atoms with Gasteiger partial charge in [0.1, 0.15) is 17.7 Å². The minimum atomic E-state index is -1.33. The van der Waals surface area contributed by atoms with Gasteiger partial charge in [-0.3, -0.25) is 28.9 Å². The van der Waals surface area contributed by atoms with Gasteiger partial charge in [-0.1, -0.05) is 0 Å². The van der Waals surface area contributed by atoms with Crippen LogP contribution < -0.4 is 5.32 Å². The summed E-state index contributed by atoms with van der Waals surface area (Å²) in [4.78, 5) is 69.2. The first-order valence-corrected chi connectivity index (χ1v) is 10.8. The lowest BCUT2D eigenvalue weighted by Crippen LogP contribution is -2.71. The number of carbonyl (C=O) groups is 5. The van der Waals surface area contributed by atoms with Crippen LogP contribution in [0.3, 0.4) is 0 Å². The molecule has 1 aromatic heterocycles. The molecule has 0 aromatic carbocycles. The number of fused-ring (bicyclic) bond motifs is 1. The van der Waals surface area contributed by atoms with Crippen LogP contribution in [0, 0.1) is 0 Å². The fraction of sp³-hybridized carbons (Fsp3) is 0.412. The number of thiazole rings is 1. The number of hydrogen-bond donors (Lipinski definition) is 2. The number of hydrogen-bond acceptors (Lipinski definition) is 10. The second-order valence-corrected chi connectivity index (χ2v) is 8.34. The van der Waals surface area contributed by atoms with Crippen molar-refractivity contribution in [2.75, 3.05) is 24.8 Å². The van der Waals surface area contributed by atoms with Crippen LogP contribution in [0.25, 0.3) is 0 Å². The molecule has 166 valence electrons. The van der Waals surface area contributed by atoms with Crippen molar-refractivity contribution in [3.8, 4) is 0 Å². The van der Waals surface area contributed by atoms with Gasteiger partial charge >= 0.3 is 11.9 Å². The van der Waals surface area contributed by atoms with Gasteiger partial charge < -0.3 is 15.2 Å². The van der Waals surface area contributed by atoms with Gasteiger partial charge in [0.15, 0.2) is 11.2 Å². The highest BCUT2D eigenvalue weighted by atomic mass is 32.2. The minimum Gasteiger partial charge on any atom is -0.477 e. The average Bonchev–Trinajstić information content (AvgIpc) is 3.16. The first-order chi connectivity index (χ1) is 14.8. The van der Waals surface area contributed by atoms with Crippen LogP contribution in [0.5, 0.6) is 0 Å². The molecule has 31 heavy (non-hydrogen) atoms. The molecule has 2 aliphatic heterocycles. The zero-order chi connectivity index (χ0) is 22.7. The van der Waals surface area contributed by atoms with Crippen molar-refractivity contribution in [2.24, 2.45) is 0 Å². The SMILES string of the molecule is CON(C(=O)Cc1csc(NC=O)n1)C1C(=O)N2C(C(=O)O)=C(COC(C)=O)CS[C@@H]12. The first-order valence-electron chi connectivity index (χ1n) is 8.82. The third kappa shape index (κ3) is 4.55. The van der Waals surface area contributed by atoms with Gasteiger partial charge in [0, 0.05) is 23.6 Å². The molecule has 1 fully saturated rings. The molecule has 0 aliphatic carbocycles. The summed E-state index contributed by atoms with van der Waals surface area (Å²) in [5.74, 6) is -2.85. The van der Waals surface area contributed by atoms with Crippen molar-refractivity contribution >= 4 is 58.4 Å². The number of nitrogens with zero attached hydrogens (tertiary/aromatic N) is 3. The third-order valence-electron chi connectivity index (χ3n) is 4.43. The van der Waals surface area contributed by atoms with Crippen LogP contribution in [0.15, 0.2) is 16.7 Å². The molecule has 0 spiro atoms. The Hall–Kier alpha value is -2.97. The number of carboxylic acid groups (broad SMARTS) is 1. The zero-order valence-electron chi connectivity index (χ0n) is 16.4. The lowest BCUT2D eigenvalue weighted by atomic mass is 10.0. The van der Waals surface area contributed by atoms with E-state index in [4.69, 9.17) is 9.57 Å². The number of esters is 1. The largest absolute Gasteiger partial charge is 0.477 e. The molecule has 0 saturated carbocycles. The van der Waals surface area contributed by atoms with Crippen LogP contribution in [0.4, 0.5) is 5.13 Å². The summed E-state index contributed by atoms with van der Waals surface area (Å²) >= 11 is 2.38. The Balaban J connectivity index is 1.75. The molecule has 0 radical (unpaired) electrons. The fourth-order valence-electron chi connectivity index (χ4n) is 3.15. The number of rotatable bonds is 9. The van der Waals surface area contributed by atoms with Crippen molar-refractivity contribution in [2.45, 2.75) is 24.8 Å². The molecule has 0 bridgehead atoms. The predicted octanol–water partition coefficient (Wildman–Crippen LogP) is -0.171. The maximum atomic E-state index is 12.8. The number of anilines is 1. The number of thioether (sulfide) groups is 1. The smallest absolute Gasteiger partial charge is 0.352 e. The van der Waals surface area contributed by atoms with E-state index >= 15 is 0 Å². The number of carboxylic acids is 1. The summed E-state index contributed by atoms with van der Waals surface area (Å²) in [5, 5.41) is 14.2. The molecule has 2 aliphatic rings. The van der Waals surface area contributed by atoms with Crippen molar-refractivity contribution in [3.05, 3.63) is 22.3 Å². The lowest BCUT2D eigenvalue weighted by molar-refractivity contribution is -0.208. The Bertz CT molecular complexity index is 962. The fourth-order valence-corrected chi connectivity index (χ4v) is 5.18. The molecule has 3 rings (SSSR count). The van der Waals surface area contributed by atoms with E-state index in [2.05, 4.69) is 10.3 Å². The quantitative estimate of drug-likeness (QED) is 0.215. The Morgan fingerprint density at radius 2 is 2.19 bits per heavy atom. The molecule has 14 heteroatoms. The molecule has 2 atom stereocenters. The van der Waals surface area contributed by atoms with Crippen molar-refractivity contribution in [3.63, 3.8) is 0 Å². The van der Waals surface area contributed by atoms with Crippen molar-refractivity contribution < 1.29 is 38.7 Å². The Morgan fingerprint density at radius 3 is 2.81 bits per heavy atom. The Kier molecular flexibility index (Phi) is 6.92. The summed E-state index contributed by atoms with van der Waals surface area (Å²) in [6.07, 6.45) is 0.294. The van der Waals surface area contributed by atoms with Crippen LogP contribution in [-0.2, 0) is 40.0 Å². The monoisotopic (exact) mass is 470 g/mol. The standard InChI is InChI=1S/C17H18N4O8S2/c1-8(23)29-4-9-5-30-15-13(14(25)20(15)12(9)16(26)27)21(28-2)11(24)3-10-6-31-17(19-10)18-7-22/h6-7,13,15H,3-5H2,1-2H3,(H,26,27)(H,18,19,22)/t13?,15-/m0/s1. The number of β-lactam (4-membered cyclic amide) rings is 1. The van der Waals surface area contributed by atoms with Gasteiger partial charge in [0.2, 0.25) is 6.41 Å². The molecule has 12 nitrogen and oxygen atoms in total. The van der Waals surface area contributed by atoms with E-state index in [1.165, 1.54) is 25.8 Å². The summed E-state index contributed by atoms with van der Waals surface area (Å²) in [5.41, 5.74) is 0.429. The second kappa shape index (κ2) is 9.45. The van der Waals surface area contributed by atoms with Gasteiger partial charge in [0.05, 0.1) is 19.2 Å². The second-order valence-electron chi connectivity index (χ2n) is 6.38. The molecule has 3 amide bonds. The zero-order valence-corrected chi connectivity index (χ0v) is 18.0. The van der Waals surface area contributed by atoms with E-state index in [9.17, 15) is 29.1 Å². The molecule has 1 unspecified atom stereocenters. The average molecular weight is 470 g/mol. The number of aromatic nitrogens is 1. The number of ether oxygens (including phenoxy) is 1. The maximum Gasteiger partial charge on any atom is 0.352 e. The Morgan fingerprint density at radius 1 is 1.45 bits per heavy atom. The van der Waals surface area contributed by atoms with E-state index in [-0.39, 0.29) is 24.5 Å². The molecular weight excluding hydrogens is 452 g/mol. The Labute approximate surface area is 184 Å². The van der Waals surface area contributed by atoms with E-state index in [1.54, 1.807) is 5.38 Å². The molecule has 1 saturated heterocycles. The summed E-state index contributed by atoms with van der Waals surface area (Å²) in [6, 6.07) is -1.02. The van der Waals surface area contributed by atoms with Crippen LogP contribution >= 0.6 is 23.1 Å². The van der Waals surface area contributed by atoms with Gasteiger partial charge in [-0.05, 0) is 0 Å². The number of hydroxylamine groups is 2. The first kappa shape index (κ1) is 22.7. The number of aliphatic carboxylic acids is 1. The van der Waals surface area contributed by atoms with Crippen LogP contribution in [0.2, 0.25) is 0 Å². The summed E-state index contributed by atoms with van der Waals surface area (Å²) < 4.78 is 4.89. The molecule has 2 N–H and O–H groups in total. The van der Waals surface area contributed by atoms with Gasteiger partial charge in [-0.15, -0.1) is 23.1 Å². The topological polar surface area (TPSA) is 155 Å². The third-order valence-corrected chi connectivity index (χ3v) is 6.58. The highest BCUT2D eigenvalue weighted by Gasteiger charge is 2.57. The number of nitrogens with one attached hydrogen (secondary N) is 1. The minimum absolute atomic E-state index is 0.175. The predicted molar refractivity (Wildman–Crippen MR) is 108 cm³/mol. The number of amides is 3. The van der Waals surface area contributed by atoms with Crippen molar-refractivity contribution in [1.29, 1.82) is 0 Å². The van der Waals surface area contributed by atoms with E-state index < -0.39 is 35.2 Å². The van der Waals surface area contributed by atoms with Crippen LogP contribution in [0.1, 0.15) is 12.6 Å². The highest BCUT2D eigenvalue weighted by Crippen LogP contribution is 2.42. The van der Waals surface area contributed by atoms with Crippen LogP contribution in [-0.4, -0.2) is 81.1 Å². The van der Waals surface area contributed by atoms with Crippen molar-refractivity contribution in [1.82, 2.24) is 14.9 Å². The molecule has 1 aromatic rings.